The lowest BCUT2D eigenvalue weighted by Gasteiger charge is -2.13. The Hall–Kier alpha value is -1.81. The van der Waals surface area contributed by atoms with Crippen molar-refractivity contribution >= 4 is 11.8 Å². The van der Waals surface area contributed by atoms with E-state index in [1.165, 1.54) is 5.56 Å². The summed E-state index contributed by atoms with van der Waals surface area (Å²) in [5, 5.41) is 10.7. The van der Waals surface area contributed by atoms with E-state index in [1.807, 2.05) is 48.5 Å². The molecule has 2 aromatic carbocycles. The molecule has 0 fully saturated rings. The van der Waals surface area contributed by atoms with Crippen LogP contribution in [0.3, 0.4) is 0 Å². The lowest BCUT2D eigenvalue weighted by Crippen LogP contribution is -2.10. The molecule has 0 saturated carbocycles. The molecule has 1 atom stereocenters. The van der Waals surface area contributed by atoms with Gasteiger partial charge in [0.05, 0.1) is 5.25 Å². The van der Waals surface area contributed by atoms with Gasteiger partial charge in [0.25, 0.3) is 0 Å². The van der Waals surface area contributed by atoms with Crippen molar-refractivity contribution in [3.63, 3.8) is 0 Å². The molecular weight excluding hydrogens is 270 g/mol. The average Bonchev–Trinajstić information content (AvgIpc) is 2.48. The van der Waals surface area contributed by atoms with E-state index in [2.05, 4.69) is 12.1 Å². The van der Waals surface area contributed by atoms with Gasteiger partial charge in [0.2, 0.25) is 6.54 Å². The molecule has 2 rings (SSSR count). The molecular formula is C16H17NO2S. The molecule has 0 spiro atoms. The first-order valence-electron chi connectivity index (χ1n) is 6.58. The van der Waals surface area contributed by atoms with Gasteiger partial charge in [-0.1, -0.05) is 60.7 Å². The molecule has 0 N–H and O–H groups in total. The first-order valence-corrected chi connectivity index (χ1v) is 7.63. The summed E-state index contributed by atoms with van der Waals surface area (Å²) >= 11 is 1.66. The maximum atomic E-state index is 10.8. The summed E-state index contributed by atoms with van der Waals surface area (Å²) < 4.78 is 0. The fourth-order valence-corrected chi connectivity index (χ4v) is 3.24. The van der Waals surface area contributed by atoms with Crippen molar-refractivity contribution in [1.29, 1.82) is 0 Å². The number of nitrogens with zero attached hydrogens (tertiary/aromatic N) is 1. The fourth-order valence-electron chi connectivity index (χ4n) is 2.02. The zero-order valence-electron chi connectivity index (χ0n) is 11.1. The standard InChI is InChI=1S/C16H17NO2S/c18-17(19)13-16(15-9-5-2-6-10-15)20-12-11-14-7-3-1-4-8-14/h1-10,16H,11-13H2/t16-/m1/s1. The second kappa shape index (κ2) is 7.70. The van der Waals surface area contributed by atoms with Crippen LogP contribution in [0.15, 0.2) is 60.7 Å². The van der Waals surface area contributed by atoms with Gasteiger partial charge in [-0.2, -0.15) is 0 Å². The molecule has 20 heavy (non-hydrogen) atoms. The van der Waals surface area contributed by atoms with Gasteiger partial charge in [0.15, 0.2) is 0 Å². The third-order valence-corrected chi connectivity index (χ3v) is 4.30. The van der Waals surface area contributed by atoms with Crippen LogP contribution in [0, 0.1) is 10.1 Å². The number of aryl methyl sites for hydroxylation is 1. The molecule has 0 radical (unpaired) electrons. The first kappa shape index (κ1) is 14.6. The Balaban J connectivity index is 1.93. The molecule has 104 valence electrons. The second-order valence-electron chi connectivity index (χ2n) is 4.52. The van der Waals surface area contributed by atoms with Crippen LogP contribution in [-0.2, 0) is 6.42 Å². The highest BCUT2D eigenvalue weighted by molar-refractivity contribution is 7.99. The molecule has 0 bridgehead atoms. The smallest absolute Gasteiger partial charge is 0.219 e. The third-order valence-electron chi connectivity index (χ3n) is 3.04. The molecule has 4 heteroatoms. The van der Waals surface area contributed by atoms with Crippen molar-refractivity contribution in [2.45, 2.75) is 11.7 Å². The molecule has 0 saturated heterocycles. The zero-order chi connectivity index (χ0) is 14.2. The number of rotatable bonds is 7. The third kappa shape index (κ3) is 4.70. The van der Waals surface area contributed by atoms with Crippen LogP contribution >= 0.6 is 11.8 Å². The molecule has 0 amide bonds. The Morgan fingerprint density at radius 3 is 2.20 bits per heavy atom. The van der Waals surface area contributed by atoms with Crippen molar-refractivity contribution in [2.24, 2.45) is 0 Å². The average molecular weight is 287 g/mol. The molecule has 0 unspecified atom stereocenters. The Kier molecular flexibility index (Phi) is 5.62. The Labute approximate surface area is 123 Å². The summed E-state index contributed by atoms with van der Waals surface area (Å²) in [5.74, 6) is 0.886. The van der Waals surface area contributed by atoms with E-state index >= 15 is 0 Å². The summed E-state index contributed by atoms with van der Waals surface area (Å²) in [7, 11) is 0. The number of nitro groups is 1. The predicted octanol–water partition coefficient (Wildman–Crippen LogP) is 3.98. The van der Waals surface area contributed by atoms with Gasteiger partial charge in [-0.05, 0) is 23.3 Å². The van der Waals surface area contributed by atoms with Crippen LogP contribution in [0.2, 0.25) is 0 Å². The van der Waals surface area contributed by atoms with E-state index in [-0.39, 0.29) is 16.7 Å². The molecule has 0 heterocycles. The van der Waals surface area contributed by atoms with Crippen LogP contribution in [-0.4, -0.2) is 17.2 Å². The van der Waals surface area contributed by atoms with Crippen molar-refractivity contribution in [1.82, 2.24) is 0 Å². The highest BCUT2D eigenvalue weighted by Gasteiger charge is 2.17. The monoisotopic (exact) mass is 287 g/mol. The zero-order valence-corrected chi connectivity index (χ0v) is 12.0. The van der Waals surface area contributed by atoms with Crippen LogP contribution in [0.4, 0.5) is 0 Å². The van der Waals surface area contributed by atoms with Crippen LogP contribution in [0.25, 0.3) is 0 Å². The SMILES string of the molecule is O=[N+]([O-])C[C@@H](SCCc1ccccc1)c1ccccc1. The van der Waals surface area contributed by atoms with Gasteiger partial charge in [-0.25, -0.2) is 0 Å². The fraction of sp³-hybridized carbons (Fsp3) is 0.250. The minimum Gasteiger partial charge on any atom is -0.264 e. The van der Waals surface area contributed by atoms with Gasteiger partial charge in [-0.15, -0.1) is 11.8 Å². The lowest BCUT2D eigenvalue weighted by atomic mass is 10.1. The molecule has 0 aliphatic rings. The summed E-state index contributed by atoms with van der Waals surface area (Å²) in [6.07, 6.45) is 0.937. The largest absolute Gasteiger partial charge is 0.264 e. The number of hydrogen-bond donors (Lipinski definition) is 0. The van der Waals surface area contributed by atoms with Gasteiger partial charge < -0.3 is 0 Å². The highest BCUT2D eigenvalue weighted by atomic mass is 32.2. The molecule has 0 aromatic heterocycles. The Morgan fingerprint density at radius 1 is 1.00 bits per heavy atom. The van der Waals surface area contributed by atoms with E-state index in [0.29, 0.717) is 0 Å². The maximum absolute atomic E-state index is 10.8. The van der Waals surface area contributed by atoms with Gasteiger partial charge >= 0.3 is 0 Å². The molecule has 0 aliphatic heterocycles. The van der Waals surface area contributed by atoms with E-state index < -0.39 is 0 Å². The van der Waals surface area contributed by atoms with Crippen molar-refractivity contribution < 1.29 is 4.92 Å². The summed E-state index contributed by atoms with van der Waals surface area (Å²) in [6.45, 7) is -0.0243. The number of hydrogen-bond acceptors (Lipinski definition) is 3. The second-order valence-corrected chi connectivity index (χ2v) is 5.83. The lowest BCUT2D eigenvalue weighted by molar-refractivity contribution is -0.479. The normalized spacial score (nSPS) is 12.0. The van der Waals surface area contributed by atoms with Gasteiger partial charge in [-0.3, -0.25) is 10.1 Å². The van der Waals surface area contributed by atoms with Gasteiger partial charge in [0.1, 0.15) is 0 Å². The Morgan fingerprint density at radius 2 is 1.60 bits per heavy atom. The minimum atomic E-state index is -0.229. The van der Waals surface area contributed by atoms with Crippen molar-refractivity contribution in [2.75, 3.05) is 12.3 Å². The van der Waals surface area contributed by atoms with E-state index in [4.69, 9.17) is 0 Å². The van der Waals surface area contributed by atoms with E-state index in [1.54, 1.807) is 11.8 Å². The molecule has 0 aliphatic carbocycles. The summed E-state index contributed by atoms with van der Waals surface area (Å²) in [6, 6.07) is 19.9. The minimum absolute atomic E-state index is 0.0243. The van der Waals surface area contributed by atoms with Gasteiger partial charge in [0, 0.05) is 4.92 Å². The first-order chi connectivity index (χ1) is 9.75. The van der Waals surface area contributed by atoms with Crippen LogP contribution in [0.5, 0.6) is 0 Å². The van der Waals surface area contributed by atoms with E-state index in [9.17, 15) is 10.1 Å². The quantitative estimate of drug-likeness (QED) is 0.571. The maximum Gasteiger partial charge on any atom is 0.219 e. The number of thioether (sulfide) groups is 1. The van der Waals surface area contributed by atoms with Crippen LogP contribution in [0.1, 0.15) is 16.4 Å². The van der Waals surface area contributed by atoms with Crippen LogP contribution < -0.4 is 0 Å². The number of benzene rings is 2. The highest BCUT2D eigenvalue weighted by Crippen LogP contribution is 2.29. The molecule has 2 aromatic rings. The predicted molar refractivity (Wildman–Crippen MR) is 83.6 cm³/mol. The summed E-state index contributed by atoms with van der Waals surface area (Å²) in [5.41, 5.74) is 2.30. The summed E-state index contributed by atoms with van der Waals surface area (Å²) in [4.78, 5) is 10.6. The molecule has 3 nitrogen and oxygen atoms in total. The van der Waals surface area contributed by atoms with Crippen molar-refractivity contribution in [3.8, 4) is 0 Å². The van der Waals surface area contributed by atoms with E-state index in [0.717, 1.165) is 17.7 Å². The Bertz CT molecular complexity index is 531. The topological polar surface area (TPSA) is 43.1 Å². The van der Waals surface area contributed by atoms with Crippen molar-refractivity contribution in [3.05, 3.63) is 81.9 Å².